The van der Waals surface area contributed by atoms with Gasteiger partial charge < -0.3 is 15.8 Å². The molecule has 5 saturated carbocycles. The first kappa shape index (κ1) is 43.2. The van der Waals surface area contributed by atoms with Crippen LogP contribution in [-0.4, -0.2) is 63.6 Å². The van der Waals surface area contributed by atoms with Gasteiger partial charge in [-0.05, 0) is 183 Å². The predicted molar refractivity (Wildman–Crippen MR) is 225 cm³/mol. The molecule has 15 heteroatoms. The number of nitrogens with zero attached hydrogens (tertiary/aromatic N) is 8. The molecule has 0 spiro atoms. The van der Waals surface area contributed by atoms with Crippen LogP contribution in [0.25, 0.3) is 0 Å². The number of rotatable bonds is 8. The minimum absolute atomic E-state index is 0.209. The number of carbonyl (C=O) groups is 1. The lowest BCUT2D eigenvalue weighted by Gasteiger charge is -2.21. The number of nitrogens with two attached hydrogens (primary N) is 1. The van der Waals surface area contributed by atoms with E-state index in [1.807, 2.05) is 58.0 Å². The third kappa shape index (κ3) is 15.7. The summed E-state index contributed by atoms with van der Waals surface area (Å²) in [6, 6.07) is 0.622. The number of hydrogen-bond donors (Lipinski definition) is 2. The fourth-order valence-electron chi connectivity index (χ4n) is 7.12. The summed E-state index contributed by atoms with van der Waals surface area (Å²) in [5.41, 5.74) is 9.30. The van der Waals surface area contributed by atoms with E-state index in [0.29, 0.717) is 29.1 Å². The second-order valence-corrected chi connectivity index (χ2v) is 18.6. The van der Waals surface area contributed by atoms with E-state index in [2.05, 4.69) is 61.1 Å². The molecule has 0 aromatic carbocycles. The Labute approximate surface area is 354 Å². The van der Waals surface area contributed by atoms with Crippen molar-refractivity contribution in [3.8, 4) is 0 Å². The number of amides is 1. The number of carbonyl (C=O) groups excluding carboxylic acids is 1. The van der Waals surface area contributed by atoms with Gasteiger partial charge in [0.1, 0.15) is 17.2 Å². The van der Waals surface area contributed by atoms with Crippen molar-refractivity contribution in [2.24, 2.45) is 17.6 Å². The smallest absolute Gasteiger partial charge is 0.407 e. The molecule has 4 atom stereocenters. The molecule has 0 saturated heterocycles. The number of halogens is 3. The molecular formula is C42H55BrCl2N10O2. The zero-order valence-corrected chi connectivity index (χ0v) is 36.3. The molecule has 0 aliphatic heterocycles. The van der Waals surface area contributed by atoms with Crippen LogP contribution >= 0.6 is 39.1 Å². The summed E-state index contributed by atoms with van der Waals surface area (Å²) in [6.45, 7) is 5.64. The highest BCUT2D eigenvalue weighted by atomic mass is 79.9. The van der Waals surface area contributed by atoms with Gasteiger partial charge >= 0.3 is 6.09 Å². The Kier molecular flexibility index (Phi) is 15.6. The van der Waals surface area contributed by atoms with Crippen LogP contribution in [0.4, 0.5) is 4.79 Å². The highest BCUT2D eigenvalue weighted by Gasteiger charge is 2.30. The van der Waals surface area contributed by atoms with Crippen LogP contribution in [0.3, 0.4) is 0 Å². The van der Waals surface area contributed by atoms with Gasteiger partial charge in [-0.2, -0.15) is 0 Å². The van der Waals surface area contributed by atoms with E-state index < -0.39 is 5.60 Å². The summed E-state index contributed by atoms with van der Waals surface area (Å²) in [7, 11) is 0. The van der Waals surface area contributed by atoms with Crippen LogP contribution in [0, 0.1) is 11.8 Å². The monoisotopic (exact) mass is 880 g/mol. The van der Waals surface area contributed by atoms with Crippen LogP contribution in [-0.2, 0) is 17.6 Å². The molecule has 5 fully saturated rings. The van der Waals surface area contributed by atoms with Crippen LogP contribution in [0.15, 0.2) is 54.0 Å². The van der Waals surface area contributed by atoms with Crippen LogP contribution in [0.5, 0.6) is 0 Å². The highest BCUT2D eigenvalue weighted by Crippen LogP contribution is 2.41. The molecule has 0 radical (unpaired) electrons. The van der Waals surface area contributed by atoms with Gasteiger partial charge in [0.15, 0.2) is 0 Å². The van der Waals surface area contributed by atoms with Crippen molar-refractivity contribution in [1.82, 2.24) is 45.2 Å². The molecule has 4 aromatic rings. The summed E-state index contributed by atoms with van der Waals surface area (Å²) in [5, 5.41) is 3.59. The van der Waals surface area contributed by atoms with Gasteiger partial charge in [-0.1, -0.05) is 0 Å². The van der Waals surface area contributed by atoms with E-state index in [9.17, 15) is 4.79 Å². The van der Waals surface area contributed by atoms with E-state index in [4.69, 9.17) is 33.7 Å². The Morgan fingerprint density at radius 1 is 0.649 bits per heavy atom. The standard InChI is InChI=1S/C18H27N3O2.C13H19N3.C7H7ClN2.C4H2BrClN2/c1-18(2,3)23-17(22)21-15-7-4-12(8-15)9-16-19-10-14(11-20-16)13-5-6-13;14-12-4-1-9(5-12)6-13-15-7-11(8-16-13)10-2-3-10;8-7-9-3-6(4-10-7)5-1-2-5;5-3-1-7-4(6)8-2-3/h10-13,15H,4-9H2,1-3H3,(H,21,22);7-10,12H,1-6,14H2;3-5H,1-2H2;1-2H/t12-,15-;9-,12-;;/m00../s1. The lowest BCUT2D eigenvalue weighted by molar-refractivity contribution is 0.0504. The molecule has 5 aliphatic carbocycles. The van der Waals surface area contributed by atoms with Crippen LogP contribution in [0.1, 0.15) is 144 Å². The van der Waals surface area contributed by atoms with Gasteiger partial charge in [0.2, 0.25) is 10.6 Å². The number of alkyl carbamates (subject to hydrolysis) is 1. The Morgan fingerprint density at radius 3 is 1.44 bits per heavy atom. The third-order valence-electron chi connectivity index (χ3n) is 10.6. The van der Waals surface area contributed by atoms with Gasteiger partial charge in [-0.25, -0.2) is 44.7 Å². The lowest BCUT2D eigenvalue weighted by atomic mass is 10.0. The van der Waals surface area contributed by atoms with Crippen molar-refractivity contribution in [2.75, 3.05) is 0 Å². The van der Waals surface area contributed by atoms with Gasteiger partial charge in [0.05, 0.1) is 4.47 Å². The van der Waals surface area contributed by atoms with Gasteiger partial charge in [0.25, 0.3) is 0 Å². The average molecular weight is 883 g/mol. The summed E-state index contributed by atoms with van der Waals surface area (Å²) in [5.74, 6) is 5.37. The van der Waals surface area contributed by atoms with Crippen LogP contribution < -0.4 is 11.1 Å². The van der Waals surface area contributed by atoms with E-state index in [-0.39, 0.29) is 17.4 Å². The molecule has 5 aliphatic rings. The number of nitrogens with one attached hydrogen (secondary N) is 1. The van der Waals surface area contributed by atoms with E-state index in [1.54, 1.807) is 12.4 Å². The molecule has 12 nitrogen and oxygen atoms in total. The molecule has 1 amide bonds. The van der Waals surface area contributed by atoms with Gasteiger partial charge in [0, 0.05) is 74.5 Å². The first-order valence-corrected chi connectivity index (χ1v) is 21.9. The first-order chi connectivity index (χ1) is 27.3. The fraction of sp³-hybridized carbons (Fsp3) is 0.595. The maximum absolute atomic E-state index is 11.8. The lowest BCUT2D eigenvalue weighted by Crippen LogP contribution is -2.38. The first-order valence-electron chi connectivity index (χ1n) is 20.3. The molecule has 0 bridgehead atoms. The Hall–Kier alpha value is -3.39. The zero-order valence-electron chi connectivity index (χ0n) is 33.2. The molecule has 9 rings (SSSR count). The Morgan fingerprint density at radius 2 is 1.05 bits per heavy atom. The minimum Gasteiger partial charge on any atom is -0.444 e. The van der Waals surface area contributed by atoms with E-state index in [0.717, 1.165) is 66.5 Å². The average Bonchev–Trinajstić information content (AvgIpc) is 4.07. The highest BCUT2D eigenvalue weighted by molar-refractivity contribution is 9.10. The second-order valence-electron chi connectivity index (χ2n) is 17.0. The SMILES string of the molecule is CC(C)(C)OC(=O)N[C@H]1CC[C@H](Cc2ncc(C3CC3)cn2)C1.Clc1ncc(Br)cn1.Clc1ncc(C2CC2)cn1.N[C@H]1CC[C@H](Cc2ncc(C3CC3)cn2)C1. The summed E-state index contributed by atoms with van der Waals surface area (Å²) < 4.78 is 6.15. The number of hydrogen-bond acceptors (Lipinski definition) is 11. The summed E-state index contributed by atoms with van der Waals surface area (Å²) in [6.07, 6.45) is 30.9. The van der Waals surface area contributed by atoms with Crippen molar-refractivity contribution in [3.05, 3.63) is 93.0 Å². The summed E-state index contributed by atoms with van der Waals surface area (Å²) in [4.78, 5) is 45.0. The third-order valence-corrected chi connectivity index (χ3v) is 11.4. The van der Waals surface area contributed by atoms with Crippen molar-refractivity contribution in [2.45, 2.75) is 146 Å². The molecular weight excluding hydrogens is 827 g/mol. The topological polar surface area (TPSA) is 167 Å². The zero-order chi connectivity index (χ0) is 40.4. The molecule has 4 aromatic heterocycles. The second kappa shape index (κ2) is 20.5. The van der Waals surface area contributed by atoms with Crippen molar-refractivity contribution < 1.29 is 9.53 Å². The maximum atomic E-state index is 11.8. The largest absolute Gasteiger partial charge is 0.444 e. The normalized spacial score (nSPS) is 22.5. The van der Waals surface area contributed by atoms with E-state index in [1.165, 1.54) is 68.1 Å². The molecule has 306 valence electrons. The molecule has 0 unspecified atom stereocenters. The summed E-state index contributed by atoms with van der Waals surface area (Å²) >= 11 is 14.0. The predicted octanol–water partition coefficient (Wildman–Crippen LogP) is 9.51. The minimum atomic E-state index is -0.445. The van der Waals surface area contributed by atoms with Crippen molar-refractivity contribution in [1.29, 1.82) is 0 Å². The maximum Gasteiger partial charge on any atom is 0.407 e. The molecule has 4 heterocycles. The number of ether oxygens (including phenoxy) is 1. The molecule has 57 heavy (non-hydrogen) atoms. The van der Waals surface area contributed by atoms with Crippen LogP contribution in [0.2, 0.25) is 10.6 Å². The van der Waals surface area contributed by atoms with Crippen molar-refractivity contribution >= 4 is 45.2 Å². The van der Waals surface area contributed by atoms with Gasteiger partial charge in [-0.15, -0.1) is 0 Å². The number of aromatic nitrogens is 8. The Balaban J connectivity index is 0.000000139. The van der Waals surface area contributed by atoms with E-state index >= 15 is 0 Å². The molecule has 3 N–H and O–H groups in total. The fourth-order valence-corrected chi connectivity index (χ4v) is 7.52. The quantitative estimate of drug-likeness (QED) is 0.162. The van der Waals surface area contributed by atoms with Gasteiger partial charge in [-0.3, -0.25) is 0 Å². The van der Waals surface area contributed by atoms with Crippen molar-refractivity contribution in [3.63, 3.8) is 0 Å². The Bertz CT molecular complexity index is 1820.